The smallest absolute Gasteiger partial charge is 0.200 e. The molecular weight excluding hydrogens is 372 g/mol. The Bertz CT molecular complexity index is 871. The van der Waals surface area contributed by atoms with Gasteiger partial charge in [-0.3, -0.25) is 0 Å². The molecule has 0 saturated heterocycles. The summed E-state index contributed by atoms with van der Waals surface area (Å²) in [5, 5.41) is 9.16. The lowest BCUT2D eigenvalue weighted by atomic mass is 9.78. The van der Waals surface area contributed by atoms with Gasteiger partial charge in [0.1, 0.15) is 0 Å². The molecule has 0 heterocycles. The van der Waals surface area contributed by atoms with Gasteiger partial charge in [0, 0.05) is 5.56 Å². The average molecular weight is 394 g/mol. The summed E-state index contributed by atoms with van der Waals surface area (Å²) in [6, 6.07) is 5.47. The van der Waals surface area contributed by atoms with Crippen LogP contribution in [0, 0.1) is 29.2 Å². The zero-order chi connectivity index (χ0) is 20.3. The van der Waals surface area contributed by atoms with Gasteiger partial charge in [-0.1, -0.05) is 18.2 Å². The van der Waals surface area contributed by atoms with E-state index >= 15 is 0 Å². The second kappa shape index (κ2) is 8.67. The van der Waals surface area contributed by atoms with Gasteiger partial charge in [-0.15, -0.1) is 0 Å². The van der Waals surface area contributed by atoms with Crippen LogP contribution in [-0.2, 0) is 0 Å². The number of benzene rings is 2. The van der Waals surface area contributed by atoms with Gasteiger partial charge in [0.15, 0.2) is 23.1 Å². The predicted molar refractivity (Wildman–Crippen MR) is 99.3 cm³/mol. The van der Waals surface area contributed by atoms with Crippen LogP contribution in [0.25, 0.3) is 6.08 Å². The van der Waals surface area contributed by atoms with Crippen molar-refractivity contribution < 1.29 is 27.4 Å². The molecule has 0 bridgehead atoms. The molecule has 3 rings (SSSR count). The number of hydrogen-bond acceptors (Lipinski definition) is 2. The number of hydrogen-bond donors (Lipinski definition) is 1. The van der Waals surface area contributed by atoms with E-state index < -0.39 is 29.0 Å². The lowest BCUT2D eigenvalue weighted by Crippen LogP contribution is -2.14. The van der Waals surface area contributed by atoms with Crippen molar-refractivity contribution in [3.8, 4) is 11.5 Å². The van der Waals surface area contributed by atoms with E-state index in [0.29, 0.717) is 18.4 Å². The number of halogens is 4. The molecule has 0 unspecified atom stereocenters. The maximum absolute atomic E-state index is 14.4. The molecular formula is C22H22F4O2. The van der Waals surface area contributed by atoms with Crippen molar-refractivity contribution in [2.45, 2.75) is 38.5 Å². The van der Waals surface area contributed by atoms with Gasteiger partial charge in [0.2, 0.25) is 11.6 Å². The molecule has 28 heavy (non-hydrogen) atoms. The standard InChI is InChI=1S/C22H22F4O2/c1-2-28-18-12-10-16(20(24)22(18)26)14-6-3-13(4-7-14)5-8-15-9-11-17(27)21(25)19(15)23/h5,8-14,27H,2-4,6-7H2,1H3/b8-5+. The van der Waals surface area contributed by atoms with E-state index in [2.05, 4.69) is 0 Å². The van der Waals surface area contributed by atoms with Crippen molar-refractivity contribution in [3.05, 3.63) is 64.7 Å². The van der Waals surface area contributed by atoms with Crippen LogP contribution in [0.1, 0.15) is 49.7 Å². The number of phenolic OH excluding ortho intramolecular Hbond substituents is 1. The van der Waals surface area contributed by atoms with Crippen LogP contribution in [0.4, 0.5) is 17.6 Å². The molecule has 150 valence electrons. The quantitative estimate of drug-likeness (QED) is 0.600. The van der Waals surface area contributed by atoms with Crippen LogP contribution in [0.15, 0.2) is 30.3 Å². The summed E-state index contributed by atoms with van der Waals surface area (Å²) in [4.78, 5) is 0. The summed E-state index contributed by atoms with van der Waals surface area (Å²) in [7, 11) is 0. The molecule has 0 amide bonds. The summed E-state index contributed by atoms with van der Waals surface area (Å²) < 4.78 is 60.8. The molecule has 1 fully saturated rings. The summed E-state index contributed by atoms with van der Waals surface area (Å²) >= 11 is 0. The van der Waals surface area contributed by atoms with Gasteiger partial charge in [0.25, 0.3) is 0 Å². The molecule has 0 radical (unpaired) electrons. The van der Waals surface area contributed by atoms with E-state index in [1.165, 1.54) is 18.2 Å². The first-order valence-electron chi connectivity index (χ1n) is 9.38. The molecule has 2 aromatic carbocycles. The van der Waals surface area contributed by atoms with Crippen LogP contribution >= 0.6 is 0 Å². The molecule has 0 aliphatic heterocycles. The van der Waals surface area contributed by atoms with Crippen molar-refractivity contribution in [2.24, 2.45) is 5.92 Å². The van der Waals surface area contributed by atoms with Crippen LogP contribution in [0.2, 0.25) is 0 Å². The van der Waals surface area contributed by atoms with E-state index in [9.17, 15) is 17.6 Å². The second-order valence-electron chi connectivity index (χ2n) is 6.99. The Kier molecular flexibility index (Phi) is 6.27. The monoisotopic (exact) mass is 394 g/mol. The highest BCUT2D eigenvalue weighted by Crippen LogP contribution is 2.39. The topological polar surface area (TPSA) is 29.5 Å². The second-order valence-corrected chi connectivity index (χ2v) is 6.99. The SMILES string of the molecule is CCOc1ccc(C2CCC(/C=C/c3ccc(O)c(F)c3F)CC2)c(F)c1F. The van der Waals surface area contributed by atoms with Crippen molar-refractivity contribution in [3.63, 3.8) is 0 Å². The van der Waals surface area contributed by atoms with E-state index in [1.54, 1.807) is 19.1 Å². The summed E-state index contributed by atoms with van der Waals surface area (Å²) in [6.07, 6.45) is 6.12. The largest absolute Gasteiger partial charge is 0.505 e. The van der Waals surface area contributed by atoms with Crippen molar-refractivity contribution >= 4 is 6.08 Å². The highest BCUT2D eigenvalue weighted by atomic mass is 19.2. The molecule has 2 nitrogen and oxygen atoms in total. The zero-order valence-corrected chi connectivity index (χ0v) is 15.5. The van der Waals surface area contributed by atoms with Crippen LogP contribution < -0.4 is 4.74 Å². The maximum Gasteiger partial charge on any atom is 0.200 e. The fraction of sp³-hybridized carbons (Fsp3) is 0.364. The van der Waals surface area contributed by atoms with Crippen LogP contribution in [0.3, 0.4) is 0 Å². The molecule has 1 saturated carbocycles. The first-order valence-corrected chi connectivity index (χ1v) is 9.38. The van der Waals surface area contributed by atoms with Crippen molar-refractivity contribution in [1.82, 2.24) is 0 Å². The van der Waals surface area contributed by atoms with Crippen molar-refractivity contribution in [1.29, 1.82) is 0 Å². The number of allylic oxidation sites excluding steroid dienone is 1. The third-order valence-corrected chi connectivity index (χ3v) is 5.23. The fourth-order valence-corrected chi connectivity index (χ4v) is 3.67. The zero-order valence-electron chi connectivity index (χ0n) is 15.5. The lowest BCUT2D eigenvalue weighted by molar-refractivity contribution is 0.310. The molecule has 6 heteroatoms. The first-order chi connectivity index (χ1) is 13.4. The van der Waals surface area contributed by atoms with Crippen molar-refractivity contribution in [2.75, 3.05) is 6.61 Å². The summed E-state index contributed by atoms with van der Waals surface area (Å²) in [6.45, 7) is 1.97. The highest BCUT2D eigenvalue weighted by molar-refractivity contribution is 5.52. The van der Waals surface area contributed by atoms with Crippen LogP contribution in [-0.4, -0.2) is 11.7 Å². The Morgan fingerprint density at radius 1 is 0.929 bits per heavy atom. The summed E-state index contributed by atoms with van der Waals surface area (Å²) in [5.74, 6) is -4.90. The Morgan fingerprint density at radius 2 is 1.64 bits per heavy atom. The van der Waals surface area contributed by atoms with Gasteiger partial charge in [0.05, 0.1) is 6.61 Å². The first kappa shape index (κ1) is 20.2. The van der Waals surface area contributed by atoms with Gasteiger partial charge >= 0.3 is 0 Å². The van der Waals surface area contributed by atoms with E-state index in [1.807, 2.05) is 0 Å². The van der Waals surface area contributed by atoms with Gasteiger partial charge in [-0.25, -0.2) is 8.78 Å². The van der Waals surface area contributed by atoms with Crippen LogP contribution in [0.5, 0.6) is 11.5 Å². The number of aromatic hydroxyl groups is 1. The Morgan fingerprint density at radius 3 is 2.32 bits per heavy atom. The van der Waals surface area contributed by atoms with E-state index in [0.717, 1.165) is 18.9 Å². The average Bonchev–Trinajstić information content (AvgIpc) is 2.70. The molecule has 2 aromatic rings. The number of ether oxygens (including phenoxy) is 1. The highest BCUT2D eigenvalue weighted by Gasteiger charge is 2.26. The molecule has 0 spiro atoms. The number of rotatable bonds is 5. The minimum Gasteiger partial charge on any atom is -0.505 e. The molecule has 0 aromatic heterocycles. The van der Waals surface area contributed by atoms with Gasteiger partial charge in [-0.05, 0) is 68.2 Å². The predicted octanol–water partition coefficient (Wildman–Crippen LogP) is 6.33. The Labute approximate surface area is 161 Å². The lowest BCUT2D eigenvalue weighted by Gasteiger charge is -2.27. The normalized spacial score (nSPS) is 19.9. The van der Waals surface area contributed by atoms with Gasteiger partial charge < -0.3 is 9.84 Å². The van der Waals surface area contributed by atoms with Gasteiger partial charge in [-0.2, -0.15) is 8.78 Å². The Balaban J connectivity index is 1.65. The molecule has 0 atom stereocenters. The minimum absolute atomic E-state index is 0.0667. The molecule has 1 aliphatic carbocycles. The minimum atomic E-state index is -1.26. The third-order valence-electron chi connectivity index (χ3n) is 5.23. The number of phenols is 1. The maximum atomic E-state index is 14.4. The third kappa shape index (κ3) is 4.16. The van der Waals surface area contributed by atoms with E-state index in [-0.39, 0.29) is 29.8 Å². The van der Waals surface area contributed by atoms with E-state index in [4.69, 9.17) is 9.84 Å². The summed E-state index contributed by atoms with van der Waals surface area (Å²) in [5.41, 5.74) is 0.423. The molecule has 1 N–H and O–H groups in total. The Hall–Kier alpha value is -2.50. The molecule has 1 aliphatic rings. The fourth-order valence-electron chi connectivity index (χ4n) is 3.67.